The highest BCUT2D eigenvalue weighted by molar-refractivity contribution is 5.82. The van der Waals surface area contributed by atoms with E-state index >= 15 is 0 Å². The molecule has 1 amide bonds. The molecule has 0 unspecified atom stereocenters. The Hall–Kier alpha value is -1.39. The van der Waals surface area contributed by atoms with Gasteiger partial charge in [0.1, 0.15) is 0 Å². The minimum Gasteiger partial charge on any atom is -0.390 e. The van der Waals surface area contributed by atoms with Crippen molar-refractivity contribution in [2.24, 2.45) is 5.92 Å². The summed E-state index contributed by atoms with van der Waals surface area (Å²) in [6.07, 6.45) is 4.51. The van der Waals surface area contributed by atoms with Gasteiger partial charge < -0.3 is 10.0 Å². The summed E-state index contributed by atoms with van der Waals surface area (Å²) < 4.78 is 0. The molecule has 4 nitrogen and oxygen atoms in total. The molecular weight excluding hydrogens is 288 g/mol. The van der Waals surface area contributed by atoms with Crippen LogP contribution in [0.3, 0.4) is 0 Å². The number of likely N-dealkylation sites (N-methyl/N-ethyl adjacent to an activating group) is 1. The molecule has 1 aromatic rings. The van der Waals surface area contributed by atoms with Crippen LogP contribution in [0.2, 0.25) is 0 Å². The van der Waals surface area contributed by atoms with E-state index in [-0.39, 0.29) is 11.9 Å². The maximum absolute atomic E-state index is 12.9. The van der Waals surface area contributed by atoms with E-state index in [2.05, 4.69) is 12.1 Å². The first-order chi connectivity index (χ1) is 11.0. The predicted octanol–water partition coefficient (Wildman–Crippen LogP) is 1.92. The average Bonchev–Trinajstić information content (AvgIpc) is 3.32. The standard InChI is InChI=1S/C19H28N2O2/c1-20(2)17(14-15-6-4-3-5-7-15)18(22)21-12-8-16(9-13-21)19(23)10-11-19/h3-7,16-17,23H,8-14H2,1-2H3/t17-/m0/s1. The van der Waals surface area contributed by atoms with Gasteiger partial charge in [-0.25, -0.2) is 0 Å². The minimum atomic E-state index is -0.403. The van der Waals surface area contributed by atoms with E-state index in [0.717, 1.165) is 45.2 Å². The Bertz CT molecular complexity index is 532. The van der Waals surface area contributed by atoms with Gasteiger partial charge >= 0.3 is 0 Å². The smallest absolute Gasteiger partial charge is 0.240 e. The van der Waals surface area contributed by atoms with Crippen molar-refractivity contribution >= 4 is 5.91 Å². The molecule has 1 atom stereocenters. The third kappa shape index (κ3) is 3.75. The van der Waals surface area contributed by atoms with Crippen molar-refractivity contribution in [2.75, 3.05) is 27.2 Å². The summed E-state index contributed by atoms with van der Waals surface area (Å²) in [6, 6.07) is 10.1. The second-order valence-electron chi connectivity index (χ2n) is 7.37. The van der Waals surface area contributed by atoms with Crippen molar-refractivity contribution < 1.29 is 9.90 Å². The molecule has 1 aliphatic carbocycles. The molecule has 2 fully saturated rings. The summed E-state index contributed by atoms with van der Waals surface area (Å²) in [6.45, 7) is 1.57. The molecule has 126 valence electrons. The van der Waals surface area contributed by atoms with Crippen molar-refractivity contribution in [3.05, 3.63) is 35.9 Å². The van der Waals surface area contributed by atoms with Crippen LogP contribution in [-0.2, 0) is 11.2 Å². The predicted molar refractivity (Wildman–Crippen MR) is 91.1 cm³/mol. The Morgan fingerprint density at radius 1 is 1.26 bits per heavy atom. The first-order valence-corrected chi connectivity index (χ1v) is 8.71. The number of benzene rings is 1. The van der Waals surface area contributed by atoms with Crippen LogP contribution in [0.5, 0.6) is 0 Å². The highest BCUT2D eigenvalue weighted by Crippen LogP contribution is 2.46. The van der Waals surface area contributed by atoms with Crippen LogP contribution in [-0.4, -0.2) is 59.6 Å². The van der Waals surface area contributed by atoms with E-state index in [9.17, 15) is 9.90 Å². The Balaban J connectivity index is 1.60. The van der Waals surface area contributed by atoms with Gasteiger partial charge in [0.2, 0.25) is 5.91 Å². The number of piperidine rings is 1. The number of nitrogens with zero attached hydrogens (tertiary/aromatic N) is 2. The molecule has 1 saturated carbocycles. The zero-order chi connectivity index (χ0) is 16.4. The molecule has 3 rings (SSSR count). The third-order valence-electron chi connectivity index (χ3n) is 5.51. The molecule has 4 heteroatoms. The van der Waals surface area contributed by atoms with Crippen molar-refractivity contribution in [2.45, 2.75) is 43.7 Å². The molecular formula is C19H28N2O2. The van der Waals surface area contributed by atoms with Crippen LogP contribution in [0.25, 0.3) is 0 Å². The zero-order valence-corrected chi connectivity index (χ0v) is 14.2. The maximum Gasteiger partial charge on any atom is 0.240 e. The van der Waals surface area contributed by atoms with Crippen LogP contribution in [0.4, 0.5) is 0 Å². The van der Waals surface area contributed by atoms with E-state index in [1.165, 1.54) is 5.56 Å². The number of rotatable bonds is 5. The third-order valence-corrected chi connectivity index (χ3v) is 5.51. The molecule has 1 aromatic carbocycles. The van der Waals surface area contributed by atoms with E-state index in [0.29, 0.717) is 5.92 Å². The van der Waals surface area contributed by atoms with Gasteiger partial charge in [0, 0.05) is 13.1 Å². The van der Waals surface area contributed by atoms with Crippen LogP contribution in [0.1, 0.15) is 31.2 Å². The fraction of sp³-hybridized carbons (Fsp3) is 0.632. The number of carbonyl (C=O) groups is 1. The van der Waals surface area contributed by atoms with Gasteiger partial charge in [0.15, 0.2) is 0 Å². The van der Waals surface area contributed by atoms with Gasteiger partial charge in [0.05, 0.1) is 11.6 Å². The first kappa shape index (κ1) is 16.5. The summed E-state index contributed by atoms with van der Waals surface area (Å²) in [5.41, 5.74) is 0.793. The molecule has 1 heterocycles. The van der Waals surface area contributed by atoms with Gasteiger partial charge in [-0.2, -0.15) is 0 Å². The fourth-order valence-corrected chi connectivity index (χ4v) is 3.71. The fourth-order valence-electron chi connectivity index (χ4n) is 3.71. The lowest BCUT2D eigenvalue weighted by atomic mass is 9.89. The van der Waals surface area contributed by atoms with Crippen molar-refractivity contribution in [1.29, 1.82) is 0 Å². The first-order valence-electron chi connectivity index (χ1n) is 8.71. The second-order valence-corrected chi connectivity index (χ2v) is 7.37. The Morgan fingerprint density at radius 2 is 1.87 bits per heavy atom. The quantitative estimate of drug-likeness (QED) is 0.902. The van der Waals surface area contributed by atoms with Gasteiger partial charge in [-0.3, -0.25) is 9.69 Å². The Kier molecular flexibility index (Phi) is 4.74. The van der Waals surface area contributed by atoms with Crippen molar-refractivity contribution in [1.82, 2.24) is 9.80 Å². The van der Waals surface area contributed by atoms with E-state index in [1.807, 2.05) is 42.1 Å². The SMILES string of the molecule is CN(C)[C@@H](Cc1ccccc1)C(=O)N1CCC(C2(O)CC2)CC1. The summed E-state index contributed by atoms with van der Waals surface area (Å²) in [7, 11) is 3.95. The Labute approximate surface area is 139 Å². The number of amides is 1. The number of hydrogen-bond acceptors (Lipinski definition) is 3. The van der Waals surface area contributed by atoms with Crippen molar-refractivity contribution in [3.63, 3.8) is 0 Å². The van der Waals surface area contributed by atoms with E-state index < -0.39 is 5.60 Å². The molecule has 0 spiro atoms. The summed E-state index contributed by atoms with van der Waals surface area (Å²) in [5, 5.41) is 10.3. The largest absolute Gasteiger partial charge is 0.390 e. The van der Waals surface area contributed by atoms with Crippen molar-refractivity contribution in [3.8, 4) is 0 Å². The number of carbonyl (C=O) groups excluding carboxylic acids is 1. The average molecular weight is 316 g/mol. The molecule has 0 radical (unpaired) electrons. The second kappa shape index (κ2) is 6.62. The molecule has 0 bridgehead atoms. The highest BCUT2D eigenvalue weighted by Gasteiger charge is 2.48. The lowest BCUT2D eigenvalue weighted by Crippen LogP contribution is -2.50. The van der Waals surface area contributed by atoms with E-state index in [4.69, 9.17) is 0 Å². The minimum absolute atomic E-state index is 0.113. The van der Waals surface area contributed by atoms with Gasteiger partial charge in [-0.1, -0.05) is 30.3 Å². The lowest BCUT2D eigenvalue weighted by Gasteiger charge is -2.37. The maximum atomic E-state index is 12.9. The van der Waals surface area contributed by atoms with Gasteiger partial charge in [0.25, 0.3) is 0 Å². The monoisotopic (exact) mass is 316 g/mol. The zero-order valence-electron chi connectivity index (χ0n) is 14.2. The van der Waals surface area contributed by atoms with Gasteiger partial charge in [-0.05, 0) is 57.7 Å². The topological polar surface area (TPSA) is 43.8 Å². The molecule has 2 aliphatic rings. The lowest BCUT2D eigenvalue weighted by molar-refractivity contribution is -0.138. The number of hydrogen-bond donors (Lipinski definition) is 1. The molecule has 1 N–H and O–H groups in total. The van der Waals surface area contributed by atoms with Crippen LogP contribution in [0, 0.1) is 5.92 Å². The highest BCUT2D eigenvalue weighted by atomic mass is 16.3. The summed E-state index contributed by atoms with van der Waals surface area (Å²) >= 11 is 0. The Morgan fingerprint density at radius 3 is 2.39 bits per heavy atom. The van der Waals surface area contributed by atoms with Crippen LogP contribution < -0.4 is 0 Å². The molecule has 1 aliphatic heterocycles. The molecule has 0 aromatic heterocycles. The number of likely N-dealkylation sites (tertiary alicyclic amines) is 1. The van der Waals surface area contributed by atoms with Crippen LogP contribution in [0.15, 0.2) is 30.3 Å². The summed E-state index contributed by atoms with van der Waals surface area (Å²) in [5.74, 6) is 0.610. The summed E-state index contributed by atoms with van der Waals surface area (Å²) in [4.78, 5) is 17.0. The number of aliphatic hydroxyl groups is 1. The normalized spacial score (nSPS) is 22.2. The molecule has 1 saturated heterocycles. The van der Waals surface area contributed by atoms with Gasteiger partial charge in [-0.15, -0.1) is 0 Å². The molecule has 23 heavy (non-hydrogen) atoms. The van der Waals surface area contributed by atoms with Crippen LogP contribution >= 0.6 is 0 Å². The van der Waals surface area contributed by atoms with E-state index in [1.54, 1.807) is 0 Å².